The Labute approximate surface area is 172 Å². The Bertz CT molecular complexity index is 825. The van der Waals surface area contributed by atoms with E-state index in [2.05, 4.69) is 46.6 Å². The molecular formula is C23H30N4O2. The SMILES string of the molecule is CN1C(=O)C2C(C3C(C4CC=CCC4)NCCN3C2c2ccccc2)N(C)C1=O. The van der Waals surface area contributed by atoms with Crippen molar-refractivity contribution < 1.29 is 9.59 Å². The largest absolute Gasteiger partial charge is 0.326 e. The lowest BCUT2D eigenvalue weighted by molar-refractivity contribution is -0.137. The number of benzene rings is 1. The number of urea groups is 1. The highest BCUT2D eigenvalue weighted by atomic mass is 16.2. The van der Waals surface area contributed by atoms with Gasteiger partial charge in [0.15, 0.2) is 0 Å². The summed E-state index contributed by atoms with van der Waals surface area (Å²) in [6.45, 7) is 1.82. The number of carbonyl (C=O) groups is 2. The van der Waals surface area contributed by atoms with E-state index >= 15 is 0 Å². The molecule has 1 aliphatic carbocycles. The van der Waals surface area contributed by atoms with E-state index in [0.717, 1.165) is 32.4 Å². The van der Waals surface area contributed by atoms with Gasteiger partial charge in [0.2, 0.25) is 5.91 Å². The van der Waals surface area contributed by atoms with Gasteiger partial charge in [0.05, 0.1) is 12.0 Å². The Hall–Kier alpha value is -2.18. The summed E-state index contributed by atoms with van der Waals surface area (Å²) in [5.41, 5.74) is 1.18. The smallest absolute Gasteiger partial charge is 0.322 e. The number of nitrogens with zero attached hydrogens (tertiary/aromatic N) is 3. The van der Waals surface area contributed by atoms with Crippen LogP contribution in [0.5, 0.6) is 0 Å². The van der Waals surface area contributed by atoms with Crippen LogP contribution in [0.3, 0.4) is 0 Å². The summed E-state index contributed by atoms with van der Waals surface area (Å²) in [6, 6.07) is 10.6. The van der Waals surface area contributed by atoms with E-state index < -0.39 is 0 Å². The lowest BCUT2D eigenvalue weighted by Crippen LogP contribution is -2.67. The molecular weight excluding hydrogens is 364 g/mol. The number of carbonyl (C=O) groups excluding carboxylic acids is 2. The number of imide groups is 1. The van der Waals surface area contributed by atoms with Gasteiger partial charge in [-0.2, -0.15) is 0 Å². The second-order valence-corrected chi connectivity index (χ2v) is 8.92. The Balaban J connectivity index is 1.60. The Kier molecular flexibility index (Phi) is 4.71. The average molecular weight is 395 g/mol. The van der Waals surface area contributed by atoms with E-state index in [1.54, 1.807) is 7.05 Å². The zero-order valence-corrected chi connectivity index (χ0v) is 17.2. The summed E-state index contributed by atoms with van der Waals surface area (Å²) in [5.74, 6) is 0.279. The van der Waals surface area contributed by atoms with Crippen molar-refractivity contribution in [3.63, 3.8) is 0 Å². The third-order valence-corrected chi connectivity index (χ3v) is 7.53. The number of likely N-dealkylation sites (N-methyl/N-ethyl adjacent to an activating group) is 1. The summed E-state index contributed by atoms with van der Waals surface area (Å²) in [5, 5.41) is 3.79. The van der Waals surface area contributed by atoms with E-state index in [0.29, 0.717) is 12.0 Å². The first kappa shape index (κ1) is 18.8. The summed E-state index contributed by atoms with van der Waals surface area (Å²) >= 11 is 0. The third kappa shape index (κ3) is 2.84. The molecule has 0 saturated carbocycles. The minimum atomic E-state index is -0.225. The van der Waals surface area contributed by atoms with E-state index in [4.69, 9.17) is 0 Å². The van der Waals surface area contributed by atoms with Crippen molar-refractivity contribution >= 4 is 11.9 Å². The van der Waals surface area contributed by atoms with Crippen LogP contribution < -0.4 is 5.32 Å². The van der Waals surface area contributed by atoms with Crippen LogP contribution in [0, 0.1) is 11.8 Å². The molecule has 3 saturated heterocycles. The number of fused-ring (bicyclic) bond motifs is 3. The number of rotatable bonds is 2. The van der Waals surface area contributed by atoms with Crippen molar-refractivity contribution in [1.82, 2.24) is 20.0 Å². The van der Waals surface area contributed by atoms with Gasteiger partial charge in [0.25, 0.3) is 0 Å². The Morgan fingerprint density at radius 2 is 1.83 bits per heavy atom. The predicted octanol–water partition coefficient (Wildman–Crippen LogP) is 2.25. The number of allylic oxidation sites excluding steroid dienone is 2. The van der Waals surface area contributed by atoms with Crippen LogP contribution in [0.15, 0.2) is 42.5 Å². The van der Waals surface area contributed by atoms with Crippen molar-refractivity contribution in [3.05, 3.63) is 48.0 Å². The molecule has 4 aliphatic rings. The van der Waals surface area contributed by atoms with Gasteiger partial charge in [0, 0.05) is 45.3 Å². The average Bonchev–Trinajstić information content (AvgIpc) is 3.13. The maximum absolute atomic E-state index is 13.4. The number of hydrogen-bond acceptors (Lipinski definition) is 4. The first-order valence-electron chi connectivity index (χ1n) is 10.8. The molecule has 0 spiro atoms. The molecule has 1 aromatic carbocycles. The second-order valence-electron chi connectivity index (χ2n) is 8.92. The monoisotopic (exact) mass is 394 g/mol. The second kappa shape index (κ2) is 7.26. The highest BCUT2D eigenvalue weighted by Crippen LogP contribution is 2.49. The van der Waals surface area contributed by atoms with E-state index in [1.165, 1.54) is 10.5 Å². The Morgan fingerprint density at radius 1 is 1.03 bits per heavy atom. The van der Waals surface area contributed by atoms with Crippen LogP contribution in [0.4, 0.5) is 4.79 Å². The van der Waals surface area contributed by atoms with Crippen LogP contribution in [-0.2, 0) is 4.79 Å². The number of nitrogens with one attached hydrogen (secondary N) is 1. The lowest BCUT2D eigenvalue weighted by Gasteiger charge is -2.47. The fourth-order valence-corrected chi connectivity index (χ4v) is 6.25. The van der Waals surface area contributed by atoms with Gasteiger partial charge in [0.1, 0.15) is 0 Å². The van der Waals surface area contributed by atoms with Gasteiger partial charge in [-0.15, -0.1) is 0 Å². The maximum Gasteiger partial charge on any atom is 0.326 e. The summed E-state index contributed by atoms with van der Waals surface area (Å²) in [6.07, 6.45) is 7.92. The molecule has 6 heteroatoms. The van der Waals surface area contributed by atoms with E-state index in [9.17, 15) is 9.59 Å². The highest BCUT2D eigenvalue weighted by molar-refractivity contribution is 5.99. The van der Waals surface area contributed by atoms with Crippen LogP contribution >= 0.6 is 0 Å². The molecule has 3 heterocycles. The fourth-order valence-electron chi connectivity index (χ4n) is 6.25. The van der Waals surface area contributed by atoms with Gasteiger partial charge >= 0.3 is 6.03 Å². The summed E-state index contributed by atoms with van der Waals surface area (Å²) in [4.78, 5) is 31.9. The molecule has 154 valence electrons. The first-order valence-corrected chi connectivity index (χ1v) is 10.8. The molecule has 3 amide bonds. The zero-order chi connectivity index (χ0) is 20.1. The Morgan fingerprint density at radius 3 is 2.55 bits per heavy atom. The van der Waals surface area contributed by atoms with Crippen LogP contribution in [0.1, 0.15) is 30.9 Å². The summed E-state index contributed by atoms with van der Waals surface area (Å²) < 4.78 is 0. The quantitative estimate of drug-likeness (QED) is 0.782. The minimum absolute atomic E-state index is 0.0143. The molecule has 1 aromatic rings. The molecule has 1 N–H and O–H groups in total. The molecule has 3 aliphatic heterocycles. The zero-order valence-electron chi connectivity index (χ0n) is 17.2. The first-order chi connectivity index (χ1) is 14.1. The summed E-state index contributed by atoms with van der Waals surface area (Å²) in [7, 11) is 3.50. The number of hydrogen-bond donors (Lipinski definition) is 1. The van der Waals surface area contributed by atoms with Crippen LogP contribution in [0.2, 0.25) is 0 Å². The van der Waals surface area contributed by atoms with Gasteiger partial charge in [-0.25, -0.2) is 4.79 Å². The topological polar surface area (TPSA) is 55.9 Å². The standard InChI is InChI=1S/C23H30N4O2/c1-25-20-17(22(28)26(2)23(25)29)19(16-11-7-4-8-12-16)27-14-13-24-18(21(20)27)15-9-5-3-6-10-15/h3-5,7-8,11-12,15,17-21,24H,6,9-10,13-14H2,1-2H3. The highest BCUT2D eigenvalue weighted by Gasteiger charge is 2.61. The molecule has 6 unspecified atom stereocenters. The molecule has 0 bridgehead atoms. The predicted molar refractivity (Wildman–Crippen MR) is 111 cm³/mol. The van der Waals surface area contributed by atoms with Crippen molar-refractivity contribution in [2.45, 2.75) is 43.4 Å². The molecule has 6 atom stereocenters. The lowest BCUT2D eigenvalue weighted by atomic mass is 9.78. The third-order valence-electron chi connectivity index (χ3n) is 7.53. The van der Waals surface area contributed by atoms with Gasteiger partial charge in [-0.1, -0.05) is 42.5 Å². The van der Waals surface area contributed by atoms with Crippen LogP contribution in [-0.4, -0.2) is 71.9 Å². The van der Waals surface area contributed by atoms with Crippen molar-refractivity contribution in [2.24, 2.45) is 11.8 Å². The molecule has 5 rings (SSSR count). The minimum Gasteiger partial charge on any atom is -0.322 e. The number of amides is 3. The van der Waals surface area contributed by atoms with Crippen molar-refractivity contribution in [3.8, 4) is 0 Å². The van der Waals surface area contributed by atoms with Crippen molar-refractivity contribution in [1.29, 1.82) is 0 Å². The van der Waals surface area contributed by atoms with Gasteiger partial charge in [-0.3, -0.25) is 14.6 Å². The molecule has 3 fully saturated rings. The number of piperazine rings is 1. The van der Waals surface area contributed by atoms with Gasteiger partial charge in [-0.05, 0) is 30.7 Å². The van der Waals surface area contributed by atoms with E-state index in [-0.39, 0.29) is 36.0 Å². The van der Waals surface area contributed by atoms with Gasteiger partial charge < -0.3 is 10.2 Å². The normalized spacial score (nSPS) is 37.6. The van der Waals surface area contributed by atoms with E-state index in [1.807, 2.05) is 18.0 Å². The molecule has 6 nitrogen and oxygen atoms in total. The molecule has 0 aromatic heterocycles. The van der Waals surface area contributed by atoms with Crippen LogP contribution in [0.25, 0.3) is 0 Å². The van der Waals surface area contributed by atoms with Crippen molar-refractivity contribution in [2.75, 3.05) is 27.2 Å². The molecule has 0 radical (unpaired) electrons. The fraction of sp³-hybridized carbons (Fsp3) is 0.565. The molecule has 29 heavy (non-hydrogen) atoms. The maximum atomic E-state index is 13.4.